The lowest BCUT2D eigenvalue weighted by molar-refractivity contribution is -0.118. The van der Waals surface area contributed by atoms with E-state index in [9.17, 15) is 13.2 Å². The lowest BCUT2D eigenvalue weighted by Gasteiger charge is -2.08. The summed E-state index contributed by atoms with van der Waals surface area (Å²) in [6.07, 6.45) is 0.580. The van der Waals surface area contributed by atoms with Crippen LogP contribution in [0.5, 0.6) is 0 Å². The predicted molar refractivity (Wildman–Crippen MR) is 82.6 cm³/mol. The smallest absolute Gasteiger partial charge is 0.230 e. The van der Waals surface area contributed by atoms with Gasteiger partial charge in [-0.05, 0) is 6.42 Å². The Labute approximate surface area is 133 Å². The Morgan fingerprint density at radius 1 is 1.50 bits per heavy atom. The second kappa shape index (κ2) is 7.42. The molecule has 0 saturated carbocycles. The zero-order valence-corrected chi connectivity index (χ0v) is 14.2. The first kappa shape index (κ1) is 17.2. The Hall–Kier alpha value is -1.13. The number of rotatable bonds is 7. The Bertz CT molecular complexity index is 629. The van der Waals surface area contributed by atoms with Gasteiger partial charge in [0.15, 0.2) is 15.0 Å². The van der Waals surface area contributed by atoms with E-state index in [1.54, 1.807) is 18.7 Å². The molecular weight excluding hydrogens is 328 g/mol. The zero-order valence-electron chi connectivity index (χ0n) is 12.6. The number of ether oxygens (including phenoxy) is 1. The molecule has 1 fully saturated rings. The highest BCUT2D eigenvalue weighted by atomic mass is 32.2. The standard InChI is InChI=1S/C12H20N4O4S2/c1-16-11(9-3-6-22(18,19)8-9)14-15-12(16)21-7-10(17)13-4-5-20-2/h9H,3-8H2,1-2H3,(H,13,17)/t9-/m1/s1. The van der Waals surface area contributed by atoms with Gasteiger partial charge in [0.05, 0.1) is 23.9 Å². The number of hydrogen-bond donors (Lipinski definition) is 1. The minimum absolute atomic E-state index is 0.102. The van der Waals surface area contributed by atoms with Crippen molar-refractivity contribution in [2.24, 2.45) is 7.05 Å². The van der Waals surface area contributed by atoms with Gasteiger partial charge in [-0.25, -0.2) is 8.42 Å². The number of methoxy groups -OCH3 is 1. The lowest BCUT2D eigenvalue weighted by atomic mass is 10.1. The van der Waals surface area contributed by atoms with Gasteiger partial charge in [0.25, 0.3) is 0 Å². The quantitative estimate of drug-likeness (QED) is 0.527. The fourth-order valence-electron chi connectivity index (χ4n) is 2.28. The highest BCUT2D eigenvalue weighted by Crippen LogP contribution is 2.29. The third kappa shape index (κ3) is 4.43. The highest BCUT2D eigenvalue weighted by molar-refractivity contribution is 7.99. The van der Waals surface area contributed by atoms with Crippen LogP contribution in [0.25, 0.3) is 0 Å². The molecule has 22 heavy (non-hydrogen) atoms. The van der Waals surface area contributed by atoms with Gasteiger partial charge in [-0.3, -0.25) is 4.79 Å². The first-order valence-electron chi connectivity index (χ1n) is 6.91. The second-order valence-corrected chi connectivity index (χ2v) is 8.30. The van der Waals surface area contributed by atoms with Crippen molar-refractivity contribution in [3.63, 3.8) is 0 Å². The molecule has 1 atom stereocenters. The number of thioether (sulfide) groups is 1. The summed E-state index contributed by atoms with van der Waals surface area (Å²) in [6.45, 7) is 0.945. The van der Waals surface area contributed by atoms with Gasteiger partial charge >= 0.3 is 0 Å². The second-order valence-electron chi connectivity index (χ2n) is 5.13. The molecular formula is C12H20N4O4S2. The number of aromatic nitrogens is 3. The van der Waals surface area contributed by atoms with Crippen molar-refractivity contribution < 1.29 is 17.9 Å². The van der Waals surface area contributed by atoms with Crippen molar-refractivity contribution in [3.8, 4) is 0 Å². The van der Waals surface area contributed by atoms with Crippen LogP contribution >= 0.6 is 11.8 Å². The molecule has 0 aliphatic carbocycles. The molecule has 0 bridgehead atoms. The molecule has 1 aromatic heterocycles. The topological polar surface area (TPSA) is 103 Å². The molecule has 1 amide bonds. The van der Waals surface area contributed by atoms with Crippen molar-refractivity contribution >= 4 is 27.5 Å². The van der Waals surface area contributed by atoms with Crippen molar-refractivity contribution in [1.82, 2.24) is 20.1 Å². The summed E-state index contributed by atoms with van der Waals surface area (Å²) in [4.78, 5) is 11.6. The van der Waals surface area contributed by atoms with Crippen molar-refractivity contribution in [2.75, 3.05) is 37.5 Å². The van der Waals surface area contributed by atoms with Crippen LogP contribution in [-0.4, -0.2) is 66.6 Å². The van der Waals surface area contributed by atoms with Crippen LogP contribution in [0.4, 0.5) is 0 Å². The number of carbonyl (C=O) groups is 1. The Morgan fingerprint density at radius 2 is 2.27 bits per heavy atom. The molecule has 0 radical (unpaired) electrons. The fraction of sp³-hybridized carbons (Fsp3) is 0.750. The van der Waals surface area contributed by atoms with Gasteiger partial charge in [-0.1, -0.05) is 11.8 Å². The summed E-state index contributed by atoms with van der Waals surface area (Å²) in [7, 11) is 0.418. The maximum absolute atomic E-state index is 11.6. The Kier molecular flexibility index (Phi) is 5.81. The van der Waals surface area contributed by atoms with E-state index in [-0.39, 0.29) is 29.1 Å². The molecule has 0 unspecified atom stereocenters. The Balaban J connectivity index is 1.90. The van der Waals surface area contributed by atoms with Gasteiger partial charge < -0.3 is 14.6 Å². The van der Waals surface area contributed by atoms with E-state index >= 15 is 0 Å². The minimum atomic E-state index is -2.95. The average Bonchev–Trinajstić information content (AvgIpc) is 2.99. The van der Waals surface area contributed by atoms with Crippen molar-refractivity contribution in [3.05, 3.63) is 5.82 Å². The van der Waals surface area contributed by atoms with Crippen molar-refractivity contribution in [2.45, 2.75) is 17.5 Å². The number of carbonyl (C=O) groups excluding carboxylic acids is 1. The van der Waals surface area contributed by atoms with Crippen LogP contribution in [-0.2, 0) is 26.4 Å². The molecule has 1 aliphatic heterocycles. The molecule has 1 aliphatic rings. The molecule has 0 aromatic carbocycles. The summed E-state index contributed by atoms with van der Waals surface area (Å²) in [5.74, 6) is 1.03. The first-order valence-corrected chi connectivity index (χ1v) is 9.72. The van der Waals surface area contributed by atoms with Crippen LogP contribution in [0, 0.1) is 0 Å². The summed E-state index contributed by atoms with van der Waals surface area (Å²) in [5, 5.41) is 11.5. The van der Waals surface area contributed by atoms with Gasteiger partial charge in [-0.2, -0.15) is 0 Å². The van der Waals surface area contributed by atoms with Crippen LogP contribution in [0.15, 0.2) is 5.16 Å². The summed E-state index contributed by atoms with van der Waals surface area (Å²) in [6, 6.07) is 0. The van der Waals surface area contributed by atoms with Gasteiger partial charge in [0.1, 0.15) is 5.82 Å². The van der Waals surface area contributed by atoms with Gasteiger partial charge in [-0.15, -0.1) is 10.2 Å². The minimum Gasteiger partial charge on any atom is -0.383 e. The van der Waals surface area contributed by atoms with E-state index < -0.39 is 9.84 Å². The molecule has 10 heteroatoms. The highest BCUT2D eigenvalue weighted by Gasteiger charge is 2.32. The fourth-order valence-corrected chi connectivity index (χ4v) is 4.77. The third-order valence-electron chi connectivity index (χ3n) is 3.43. The SMILES string of the molecule is COCCNC(=O)CSc1nnc([C@@H]2CCS(=O)(=O)C2)n1C. The van der Waals surface area contributed by atoms with Gasteiger partial charge in [0, 0.05) is 26.6 Å². The largest absolute Gasteiger partial charge is 0.383 e. The summed E-state index contributed by atoms with van der Waals surface area (Å²) < 4.78 is 29.7. The average molecular weight is 348 g/mol. The van der Waals surface area contributed by atoms with E-state index in [2.05, 4.69) is 15.5 Å². The maximum atomic E-state index is 11.6. The predicted octanol–water partition coefficient (Wildman–Crippen LogP) is -0.428. The van der Waals surface area contributed by atoms with Crippen LogP contribution in [0.3, 0.4) is 0 Å². The summed E-state index contributed by atoms with van der Waals surface area (Å²) >= 11 is 1.28. The van der Waals surface area contributed by atoms with E-state index in [1.807, 2.05) is 0 Å². The van der Waals surface area contributed by atoms with Crippen LogP contribution in [0.2, 0.25) is 0 Å². The molecule has 2 rings (SSSR count). The van der Waals surface area contributed by atoms with E-state index in [1.165, 1.54) is 11.8 Å². The molecule has 124 valence electrons. The number of nitrogens with one attached hydrogen (secondary N) is 1. The zero-order chi connectivity index (χ0) is 16.2. The number of hydrogen-bond acceptors (Lipinski definition) is 7. The number of nitrogens with zero attached hydrogens (tertiary/aromatic N) is 3. The van der Waals surface area contributed by atoms with E-state index in [4.69, 9.17) is 4.74 Å². The molecule has 1 aromatic rings. The first-order chi connectivity index (χ1) is 10.4. The number of sulfone groups is 1. The molecule has 0 spiro atoms. The third-order valence-corrected chi connectivity index (χ3v) is 6.22. The molecule has 2 heterocycles. The molecule has 1 N–H and O–H groups in total. The molecule has 8 nitrogen and oxygen atoms in total. The van der Waals surface area contributed by atoms with Crippen LogP contribution < -0.4 is 5.32 Å². The van der Waals surface area contributed by atoms with Gasteiger partial charge in [0.2, 0.25) is 5.91 Å². The Morgan fingerprint density at radius 3 is 2.91 bits per heavy atom. The van der Waals surface area contributed by atoms with Crippen LogP contribution in [0.1, 0.15) is 18.2 Å². The normalized spacial score (nSPS) is 20.2. The van der Waals surface area contributed by atoms with E-state index in [0.717, 1.165) is 0 Å². The van der Waals surface area contributed by atoms with E-state index in [0.29, 0.717) is 30.6 Å². The maximum Gasteiger partial charge on any atom is 0.230 e. The lowest BCUT2D eigenvalue weighted by Crippen LogP contribution is -2.28. The molecule has 1 saturated heterocycles. The monoisotopic (exact) mass is 348 g/mol. The number of amides is 1. The summed E-state index contributed by atoms with van der Waals surface area (Å²) in [5.41, 5.74) is 0. The van der Waals surface area contributed by atoms with Crippen molar-refractivity contribution in [1.29, 1.82) is 0 Å².